The van der Waals surface area contributed by atoms with Gasteiger partial charge in [-0.2, -0.15) is 0 Å². The van der Waals surface area contributed by atoms with Crippen molar-refractivity contribution in [1.82, 2.24) is 15.1 Å². The van der Waals surface area contributed by atoms with E-state index in [1.165, 1.54) is 31.4 Å². The number of piperazine rings is 1. The van der Waals surface area contributed by atoms with Crippen molar-refractivity contribution in [2.75, 3.05) is 46.4 Å². The molecule has 0 saturated carbocycles. The number of methoxy groups -OCH3 is 1. The van der Waals surface area contributed by atoms with Crippen LogP contribution in [0.25, 0.3) is 0 Å². The molecule has 3 rings (SSSR count). The molecule has 2 fully saturated rings. The van der Waals surface area contributed by atoms with E-state index in [1.807, 2.05) is 6.07 Å². The van der Waals surface area contributed by atoms with Gasteiger partial charge in [0.15, 0.2) is 0 Å². The zero-order valence-corrected chi connectivity index (χ0v) is 14.6. The summed E-state index contributed by atoms with van der Waals surface area (Å²) >= 11 is 0. The second-order valence-corrected chi connectivity index (χ2v) is 6.93. The molecule has 23 heavy (non-hydrogen) atoms. The number of nitrogens with one attached hydrogen (secondary N) is 1. The van der Waals surface area contributed by atoms with Crippen LogP contribution in [0, 0.1) is 0 Å². The summed E-state index contributed by atoms with van der Waals surface area (Å²) < 4.78 is 5.47. The Balaban J connectivity index is 1.81. The maximum absolute atomic E-state index is 5.47. The van der Waals surface area contributed by atoms with Gasteiger partial charge in [-0.1, -0.05) is 18.6 Å². The number of hydrogen-bond acceptors (Lipinski definition) is 4. The van der Waals surface area contributed by atoms with Crippen LogP contribution in [0.5, 0.6) is 5.75 Å². The number of piperidine rings is 1. The van der Waals surface area contributed by atoms with E-state index in [2.05, 4.69) is 40.2 Å². The van der Waals surface area contributed by atoms with Gasteiger partial charge in [-0.05, 0) is 44.0 Å². The van der Waals surface area contributed by atoms with Crippen molar-refractivity contribution in [2.45, 2.75) is 38.3 Å². The minimum Gasteiger partial charge on any atom is -0.497 e. The number of rotatable bonds is 5. The SMILES string of the molecule is COc1cccc(C(CN2CCNCC2)N2CCCCC2C)c1. The molecule has 4 heteroatoms. The van der Waals surface area contributed by atoms with Gasteiger partial charge in [0, 0.05) is 44.8 Å². The first-order valence-corrected chi connectivity index (χ1v) is 9.10. The number of hydrogen-bond donors (Lipinski definition) is 1. The lowest BCUT2D eigenvalue weighted by atomic mass is 9.96. The normalized spacial score (nSPS) is 25.2. The molecule has 4 nitrogen and oxygen atoms in total. The molecule has 2 saturated heterocycles. The third-order valence-corrected chi connectivity index (χ3v) is 5.37. The molecule has 0 radical (unpaired) electrons. The van der Waals surface area contributed by atoms with Gasteiger partial charge >= 0.3 is 0 Å². The molecular weight excluding hydrogens is 286 g/mol. The Hall–Kier alpha value is -1.10. The van der Waals surface area contributed by atoms with Crippen LogP contribution in [0.2, 0.25) is 0 Å². The highest BCUT2D eigenvalue weighted by Crippen LogP contribution is 2.31. The number of ether oxygens (including phenoxy) is 1. The summed E-state index contributed by atoms with van der Waals surface area (Å²) in [4.78, 5) is 5.34. The minimum absolute atomic E-state index is 0.471. The first-order chi connectivity index (χ1) is 11.3. The molecule has 2 unspecified atom stereocenters. The van der Waals surface area contributed by atoms with Crippen LogP contribution in [0.3, 0.4) is 0 Å². The maximum atomic E-state index is 5.47. The Morgan fingerprint density at radius 2 is 2.04 bits per heavy atom. The lowest BCUT2D eigenvalue weighted by Gasteiger charge is -2.42. The molecule has 1 aromatic carbocycles. The standard InChI is InChI=1S/C19H31N3O/c1-16-6-3-4-11-22(16)19(15-21-12-9-20-10-13-21)17-7-5-8-18(14-17)23-2/h5,7-8,14,16,19-20H,3-4,6,9-13,15H2,1-2H3. The molecule has 2 aliphatic heterocycles. The smallest absolute Gasteiger partial charge is 0.119 e. The van der Waals surface area contributed by atoms with Crippen molar-refractivity contribution in [2.24, 2.45) is 0 Å². The largest absolute Gasteiger partial charge is 0.497 e. The molecule has 128 valence electrons. The van der Waals surface area contributed by atoms with Gasteiger partial charge in [0.05, 0.1) is 7.11 Å². The van der Waals surface area contributed by atoms with E-state index >= 15 is 0 Å². The fourth-order valence-electron chi connectivity index (χ4n) is 3.97. The highest BCUT2D eigenvalue weighted by atomic mass is 16.5. The Morgan fingerprint density at radius 3 is 2.78 bits per heavy atom. The zero-order chi connectivity index (χ0) is 16.1. The lowest BCUT2D eigenvalue weighted by Crippen LogP contribution is -2.49. The molecule has 0 bridgehead atoms. The number of likely N-dealkylation sites (tertiary alicyclic amines) is 1. The number of benzene rings is 1. The van der Waals surface area contributed by atoms with Gasteiger partial charge in [0.2, 0.25) is 0 Å². The molecule has 2 atom stereocenters. The Bertz CT molecular complexity index is 487. The first kappa shape index (κ1) is 16.7. The Kier molecular flexibility index (Phi) is 5.92. The Labute approximate surface area is 140 Å². The first-order valence-electron chi connectivity index (χ1n) is 9.10. The minimum atomic E-state index is 0.471. The molecule has 0 spiro atoms. The summed E-state index contributed by atoms with van der Waals surface area (Å²) in [6.07, 6.45) is 4.02. The van der Waals surface area contributed by atoms with Crippen LogP contribution in [-0.2, 0) is 0 Å². The van der Waals surface area contributed by atoms with Crippen molar-refractivity contribution in [1.29, 1.82) is 0 Å². The summed E-state index contributed by atoms with van der Waals surface area (Å²) in [5.41, 5.74) is 1.40. The number of nitrogens with zero attached hydrogens (tertiary/aromatic N) is 2. The van der Waals surface area contributed by atoms with Gasteiger partial charge in [0.25, 0.3) is 0 Å². The fourth-order valence-corrected chi connectivity index (χ4v) is 3.97. The summed E-state index contributed by atoms with van der Waals surface area (Å²) in [5.74, 6) is 0.970. The predicted molar refractivity (Wildman–Crippen MR) is 95.1 cm³/mol. The van der Waals surface area contributed by atoms with Crippen molar-refractivity contribution in [3.63, 3.8) is 0 Å². The molecule has 2 heterocycles. The Morgan fingerprint density at radius 1 is 1.22 bits per heavy atom. The fraction of sp³-hybridized carbons (Fsp3) is 0.684. The van der Waals surface area contributed by atoms with Crippen LogP contribution >= 0.6 is 0 Å². The van der Waals surface area contributed by atoms with Gasteiger partial charge in [0.1, 0.15) is 5.75 Å². The predicted octanol–water partition coefficient (Wildman–Crippen LogP) is 2.52. The van der Waals surface area contributed by atoms with Gasteiger partial charge in [-0.15, -0.1) is 0 Å². The van der Waals surface area contributed by atoms with Gasteiger partial charge in [-0.3, -0.25) is 9.80 Å². The monoisotopic (exact) mass is 317 g/mol. The third-order valence-electron chi connectivity index (χ3n) is 5.37. The molecular formula is C19H31N3O. The van der Waals surface area contributed by atoms with Crippen molar-refractivity contribution >= 4 is 0 Å². The highest BCUT2D eigenvalue weighted by molar-refractivity contribution is 5.31. The van der Waals surface area contributed by atoms with Crippen molar-refractivity contribution in [3.8, 4) is 5.75 Å². The summed E-state index contributed by atoms with van der Waals surface area (Å²) in [5, 5.41) is 3.46. The van der Waals surface area contributed by atoms with E-state index in [0.717, 1.165) is 38.5 Å². The topological polar surface area (TPSA) is 27.7 Å². The van der Waals surface area contributed by atoms with Crippen molar-refractivity contribution in [3.05, 3.63) is 29.8 Å². The summed E-state index contributed by atoms with van der Waals surface area (Å²) in [6, 6.07) is 9.82. The third kappa shape index (κ3) is 4.25. The second-order valence-electron chi connectivity index (χ2n) is 6.93. The zero-order valence-electron chi connectivity index (χ0n) is 14.6. The molecule has 2 aliphatic rings. The van der Waals surface area contributed by atoms with Gasteiger partial charge < -0.3 is 10.1 Å². The van der Waals surface area contributed by atoms with Crippen LogP contribution in [-0.4, -0.2) is 62.2 Å². The highest BCUT2D eigenvalue weighted by Gasteiger charge is 2.29. The quantitative estimate of drug-likeness (QED) is 0.903. The second kappa shape index (κ2) is 8.13. The van der Waals surface area contributed by atoms with E-state index in [0.29, 0.717) is 12.1 Å². The van der Waals surface area contributed by atoms with E-state index in [9.17, 15) is 0 Å². The van der Waals surface area contributed by atoms with Crippen molar-refractivity contribution < 1.29 is 4.74 Å². The van der Waals surface area contributed by atoms with E-state index < -0.39 is 0 Å². The molecule has 0 aromatic heterocycles. The van der Waals surface area contributed by atoms with Crippen LogP contribution in [0.4, 0.5) is 0 Å². The average Bonchev–Trinajstić information content (AvgIpc) is 2.61. The molecule has 1 aromatic rings. The molecule has 0 aliphatic carbocycles. The van der Waals surface area contributed by atoms with E-state index in [4.69, 9.17) is 4.74 Å². The van der Waals surface area contributed by atoms with E-state index in [-0.39, 0.29) is 0 Å². The summed E-state index contributed by atoms with van der Waals surface area (Å²) in [6.45, 7) is 9.27. The van der Waals surface area contributed by atoms with Crippen LogP contribution < -0.4 is 10.1 Å². The van der Waals surface area contributed by atoms with E-state index in [1.54, 1.807) is 7.11 Å². The van der Waals surface area contributed by atoms with Crippen LogP contribution in [0.1, 0.15) is 37.8 Å². The lowest BCUT2D eigenvalue weighted by molar-refractivity contribution is 0.0721. The average molecular weight is 317 g/mol. The summed E-state index contributed by atoms with van der Waals surface area (Å²) in [7, 11) is 1.76. The van der Waals surface area contributed by atoms with Gasteiger partial charge in [-0.25, -0.2) is 0 Å². The maximum Gasteiger partial charge on any atom is 0.119 e. The van der Waals surface area contributed by atoms with Crippen LogP contribution in [0.15, 0.2) is 24.3 Å². The molecule has 1 N–H and O–H groups in total. The molecule has 0 amide bonds.